The van der Waals surface area contributed by atoms with Crippen LogP contribution in [-0.4, -0.2) is 23.0 Å². The molecular weight excluding hydrogens is 398 g/mol. The molecule has 2 N–H and O–H groups in total. The summed E-state index contributed by atoms with van der Waals surface area (Å²) in [4.78, 5) is 36.2. The lowest BCUT2D eigenvalue weighted by Crippen LogP contribution is -2.44. The SMILES string of the molecule is Cc1c(CCC(=O)N[C@@H](C(=O)O)C(C)C)c(=O)oc2cc3oc4c(c3cc12)CCCC4. The minimum absolute atomic E-state index is 0.0109. The number of hydrogen-bond donors (Lipinski definition) is 2. The first-order valence-corrected chi connectivity index (χ1v) is 10.8. The summed E-state index contributed by atoms with van der Waals surface area (Å²) >= 11 is 0. The zero-order valence-corrected chi connectivity index (χ0v) is 18.0. The van der Waals surface area contributed by atoms with Gasteiger partial charge in [-0.1, -0.05) is 13.8 Å². The van der Waals surface area contributed by atoms with Gasteiger partial charge in [-0.25, -0.2) is 9.59 Å². The second kappa shape index (κ2) is 8.21. The van der Waals surface area contributed by atoms with E-state index in [9.17, 15) is 19.5 Å². The Morgan fingerprint density at radius 2 is 1.81 bits per heavy atom. The lowest BCUT2D eigenvalue weighted by atomic mass is 9.94. The molecule has 2 aromatic heterocycles. The summed E-state index contributed by atoms with van der Waals surface area (Å²) in [6.07, 6.45) is 4.36. The zero-order valence-electron chi connectivity index (χ0n) is 18.0. The number of carboxylic acid groups (broad SMARTS) is 1. The molecule has 0 saturated heterocycles. The second-order valence-corrected chi connectivity index (χ2v) is 8.68. The highest BCUT2D eigenvalue weighted by Crippen LogP contribution is 2.35. The third-order valence-electron chi connectivity index (χ3n) is 6.21. The van der Waals surface area contributed by atoms with Crippen LogP contribution in [0.3, 0.4) is 0 Å². The molecule has 1 amide bonds. The molecule has 0 bridgehead atoms. The average Bonchev–Trinajstić information content (AvgIpc) is 3.07. The minimum atomic E-state index is -1.07. The van der Waals surface area contributed by atoms with Crippen molar-refractivity contribution in [3.63, 3.8) is 0 Å². The number of fused-ring (bicyclic) bond motifs is 4. The van der Waals surface area contributed by atoms with Gasteiger partial charge in [-0.2, -0.15) is 0 Å². The summed E-state index contributed by atoms with van der Waals surface area (Å²) in [6.45, 7) is 5.33. The number of nitrogens with one attached hydrogen (secondary N) is 1. The maximum absolute atomic E-state index is 12.6. The maximum Gasteiger partial charge on any atom is 0.339 e. The van der Waals surface area contributed by atoms with Gasteiger partial charge in [0.25, 0.3) is 0 Å². The number of benzene rings is 1. The van der Waals surface area contributed by atoms with Crippen LogP contribution in [0.15, 0.2) is 25.8 Å². The number of carbonyl (C=O) groups is 2. The summed E-state index contributed by atoms with van der Waals surface area (Å²) in [5, 5.41) is 13.7. The molecule has 0 radical (unpaired) electrons. The molecule has 2 heterocycles. The van der Waals surface area contributed by atoms with Crippen molar-refractivity contribution in [2.45, 2.75) is 65.3 Å². The first-order chi connectivity index (χ1) is 14.8. The number of carbonyl (C=O) groups excluding carboxylic acids is 1. The summed E-state index contributed by atoms with van der Waals surface area (Å²) < 4.78 is 11.6. The fourth-order valence-electron chi connectivity index (χ4n) is 4.43. The molecular formula is C24H27NO6. The Labute approximate surface area is 179 Å². The van der Waals surface area contributed by atoms with Gasteiger partial charge in [0.05, 0.1) is 0 Å². The molecule has 1 atom stereocenters. The molecule has 0 spiro atoms. The predicted molar refractivity (Wildman–Crippen MR) is 116 cm³/mol. The number of amides is 1. The minimum Gasteiger partial charge on any atom is -0.480 e. The molecule has 0 aliphatic heterocycles. The third-order valence-corrected chi connectivity index (χ3v) is 6.21. The quantitative estimate of drug-likeness (QED) is 0.580. The van der Waals surface area contributed by atoms with Crippen LogP contribution in [0, 0.1) is 12.8 Å². The highest BCUT2D eigenvalue weighted by molar-refractivity contribution is 5.97. The van der Waals surface area contributed by atoms with Crippen LogP contribution in [0.25, 0.3) is 21.9 Å². The van der Waals surface area contributed by atoms with E-state index in [0.717, 1.165) is 53.4 Å². The van der Waals surface area contributed by atoms with Crippen LogP contribution < -0.4 is 10.9 Å². The number of aryl methyl sites for hydroxylation is 3. The van der Waals surface area contributed by atoms with Crippen molar-refractivity contribution in [2.75, 3.05) is 0 Å². The predicted octanol–water partition coefficient (Wildman–Crippen LogP) is 3.88. The van der Waals surface area contributed by atoms with E-state index in [1.807, 2.05) is 13.0 Å². The Morgan fingerprint density at radius 1 is 1.10 bits per heavy atom. The van der Waals surface area contributed by atoms with Crippen molar-refractivity contribution in [3.8, 4) is 0 Å². The van der Waals surface area contributed by atoms with E-state index in [1.54, 1.807) is 19.9 Å². The fourth-order valence-corrected chi connectivity index (χ4v) is 4.43. The summed E-state index contributed by atoms with van der Waals surface area (Å²) in [5.74, 6) is -0.694. The van der Waals surface area contributed by atoms with Gasteiger partial charge in [0, 0.05) is 40.8 Å². The normalized spacial score (nSPS) is 14.7. The zero-order chi connectivity index (χ0) is 22.3. The van der Waals surface area contributed by atoms with E-state index < -0.39 is 23.5 Å². The number of hydrogen-bond acceptors (Lipinski definition) is 5. The Morgan fingerprint density at radius 3 is 2.52 bits per heavy atom. The summed E-state index contributed by atoms with van der Waals surface area (Å²) in [6, 6.07) is 2.86. The van der Waals surface area contributed by atoms with Gasteiger partial charge >= 0.3 is 11.6 Å². The van der Waals surface area contributed by atoms with Gasteiger partial charge in [0.2, 0.25) is 5.91 Å². The van der Waals surface area contributed by atoms with Crippen molar-refractivity contribution in [3.05, 3.63) is 45.0 Å². The lowest BCUT2D eigenvalue weighted by molar-refractivity contribution is -0.143. The molecule has 1 aromatic carbocycles. The Kier molecular flexibility index (Phi) is 5.60. The van der Waals surface area contributed by atoms with Crippen LogP contribution in [-0.2, 0) is 28.9 Å². The number of rotatable bonds is 6. The van der Waals surface area contributed by atoms with Gasteiger partial charge in [0.15, 0.2) is 0 Å². The van der Waals surface area contributed by atoms with E-state index in [1.165, 1.54) is 5.56 Å². The molecule has 164 valence electrons. The van der Waals surface area contributed by atoms with Crippen LogP contribution >= 0.6 is 0 Å². The Hall–Kier alpha value is -3.09. The summed E-state index contributed by atoms with van der Waals surface area (Å²) in [5.41, 5.74) is 3.19. The van der Waals surface area contributed by atoms with Crippen LogP contribution in [0.5, 0.6) is 0 Å². The first-order valence-electron chi connectivity index (χ1n) is 10.8. The topological polar surface area (TPSA) is 110 Å². The van der Waals surface area contributed by atoms with Crippen LogP contribution in [0.4, 0.5) is 0 Å². The highest BCUT2D eigenvalue weighted by Gasteiger charge is 2.24. The first kappa shape index (κ1) is 21.2. The molecule has 0 unspecified atom stereocenters. The molecule has 0 saturated carbocycles. The monoisotopic (exact) mass is 425 g/mol. The number of furan rings is 1. The van der Waals surface area contributed by atoms with Crippen molar-refractivity contribution in [1.82, 2.24) is 5.32 Å². The summed E-state index contributed by atoms with van der Waals surface area (Å²) in [7, 11) is 0. The largest absolute Gasteiger partial charge is 0.480 e. The van der Waals surface area contributed by atoms with E-state index in [2.05, 4.69) is 5.32 Å². The van der Waals surface area contributed by atoms with Gasteiger partial charge in [-0.05, 0) is 50.2 Å². The van der Waals surface area contributed by atoms with Gasteiger partial charge < -0.3 is 19.3 Å². The van der Waals surface area contributed by atoms with Crippen molar-refractivity contribution < 1.29 is 23.5 Å². The second-order valence-electron chi connectivity index (χ2n) is 8.68. The Bertz CT molecular complexity index is 1230. The van der Waals surface area contributed by atoms with Gasteiger partial charge in [-0.15, -0.1) is 0 Å². The lowest BCUT2D eigenvalue weighted by Gasteiger charge is -2.18. The van der Waals surface area contributed by atoms with Crippen molar-refractivity contribution in [1.29, 1.82) is 0 Å². The maximum atomic E-state index is 12.6. The highest BCUT2D eigenvalue weighted by atomic mass is 16.4. The molecule has 7 heteroatoms. The molecule has 3 aromatic rings. The van der Waals surface area contributed by atoms with Crippen LogP contribution in [0.1, 0.15) is 55.6 Å². The smallest absolute Gasteiger partial charge is 0.339 e. The molecule has 7 nitrogen and oxygen atoms in total. The van der Waals surface area contributed by atoms with Crippen molar-refractivity contribution >= 4 is 33.8 Å². The van der Waals surface area contributed by atoms with Crippen LogP contribution in [0.2, 0.25) is 0 Å². The molecule has 4 rings (SSSR count). The number of aliphatic carboxylic acids is 1. The van der Waals surface area contributed by atoms with Crippen molar-refractivity contribution in [2.24, 2.45) is 5.92 Å². The van der Waals surface area contributed by atoms with E-state index in [0.29, 0.717) is 11.1 Å². The van der Waals surface area contributed by atoms with E-state index in [4.69, 9.17) is 8.83 Å². The van der Waals surface area contributed by atoms with Gasteiger partial charge in [0.1, 0.15) is 23.0 Å². The number of carboxylic acids is 1. The van der Waals surface area contributed by atoms with E-state index >= 15 is 0 Å². The van der Waals surface area contributed by atoms with E-state index in [-0.39, 0.29) is 18.8 Å². The molecule has 1 aliphatic rings. The van der Waals surface area contributed by atoms with Gasteiger partial charge in [-0.3, -0.25) is 4.79 Å². The third kappa shape index (κ3) is 3.96. The standard InChI is InChI=1S/C24H27NO6/c1-12(2)22(23(27)28)25-21(26)9-8-14-13(3)16-10-17-15-6-4-5-7-18(15)30-20(17)11-19(16)31-24(14)29/h10-12,22H,4-9H2,1-3H3,(H,25,26)(H,27,28)/t22-/m1/s1. The molecule has 31 heavy (non-hydrogen) atoms. The fraction of sp³-hybridized carbons (Fsp3) is 0.458. The molecule has 0 fully saturated rings. The molecule has 1 aliphatic carbocycles. The average molecular weight is 425 g/mol. The Balaban J connectivity index is 1.64.